The number of hydrogen-bond donors (Lipinski definition) is 0. The van der Waals surface area contributed by atoms with E-state index in [1.807, 2.05) is 0 Å². The Morgan fingerprint density at radius 2 is 1.58 bits per heavy atom. The Balaban J connectivity index is 1.76. The number of aryl methyl sites for hydroxylation is 4. The molecule has 2 atom stereocenters. The molecular formula is C22H29NO. The number of hydrogen-bond acceptors (Lipinski definition) is 2. The van der Waals surface area contributed by atoms with Gasteiger partial charge in [-0.2, -0.15) is 0 Å². The van der Waals surface area contributed by atoms with Crippen molar-refractivity contribution in [1.82, 2.24) is 0 Å². The lowest BCUT2D eigenvalue weighted by atomic mass is 9.97. The Morgan fingerprint density at radius 1 is 0.917 bits per heavy atom. The van der Waals surface area contributed by atoms with Crippen LogP contribution in [0, 0.1) is 13.8 Å². The molecular weight excluding hydrogens is 294 g/mol. The van der Waals surface area contributed by atoms with Gasteiger partial charge < -0.3 is 9.64 Å². The molecule has 0 amide bonds. The first-order chi connectivity index (χ1) is 11.5. The molecule has 0 aliphatic carbocycles. The zero-order valence-corrected chi connectivity index (χ0v) is 15.4. The first kappa shape index (κ1) is 17.0. The molecule has 1 aliphatic rings. The van der Waals surface area contributed by atoms with Gasteiger partial charge in [0, 0.05) is 18.8 Å². The van der Waals surface area contributed by atoms with Crippen LogP contribution in [0.5, 0.6) is 0 Å². The van der Waals surface area contributed by atoms with Crippen LogP contribution in [0.25, 0.3) is 0 Å². The highest BCUT2D eigenvalue weighted by atomic mass is 16.5. The van der Waals surface area contributed by atoms with Gasteiger partial charge in [0.2, 0.25) is 0 Å². The molecule has 2 aromatic rings. The first-order valence-corrected chi connectivity index (χ1v) is 9.07. The van der Waals surface area contributed by atoms with Crippen LogP contribution in [0.1, 0.15) is 36.1 Å². The summed E-state index contributed by atoms with van der Waals surface area (Å²) in [4.78, 5) is 2.49. The quantitative estimate of drug-likeness (QED) is 0.808. The fraction of sp³-hybridized carbons (Fsp3) is 0.455. The van der Waals surface area contributed by atoms with Crippen LogP contribution in [0.15, 0.2) is 42.5 Å². The van der Waals surface area contributed by atoms with E-state index >= 15 is 0 Å². The minimum Gasteiger partial charge on any atom is -0.372 e. The number of benzene rings is 2. The Kier molecular flexibility index (Phi) is 5.25. The van der Waals surface area contributed by atoms with E-state index in [1.165, 1.54) is 27.9 Å². The van der Waals surface area contributed by atoms with E-state index in [0.29, 0.717) is 12.2 Å². The third kappa shape index (κ3) is 3.99. The molecule has 24 heavy (non-hydrogen) atoms. The maximum Gasteiger partial charge on any atom is 0.0726 e. The van der Waals surface area contributed by atoms with Crippen molar-refractivity contribution in [2.45, 2.75) is 52.7 Å². The van der Waals surface area contributed by atoms with Gasteiger partial charge in [-0.25, -0.2) is 0 Å². The number of morpholine rings is 1. The molecule has 0 radical (unpaired) electrons. The van der Waals surface area contributed by atoms with E-state index in [9.17, 15) is 0 Å². The van der Waals surface area contributed by atoms with E-state index in [2.05, 4.69) is 75.1 Å². The second kappa shape index (κ2) is 7.40. The molecule has 1 saturated heterocycles. The fourth-order valence-corrected chi connectivity index (χ4v) is 3.77. The smallest absolute Gasteiger partial charge is 0.0726 e. The molecule has 2 aromatic carbocycles. The van der Waals surface area contributed by atoms with Crippen molar-refractivity contribution in [3.63, 3.8) is 0 Å². The van der Waals surface area contributed by atoms with Crippen LogP contribution in [0.4, 0.5) is 5.69 Å². The Labute approximate surface area is 146 Å². The van der Waals surface area contributed by atoms with Crippen LogP contribution in [0.2, 0.25) is 0 Å². The molecule has 0 bridgehead atoms. The molecule has 0 saturated carbocycles. The van der Waals surface area contributed by atoms with Crippen molar-refractivity contribution in [1.29, 1.82) is 0 Å². The number of ether oxygens (including phenoxy) is 1. The van der Waals surface area contributed by atoms with E-state index in [-0.39, 0.29) is 0 Å². The molecule has 3 rings (SSSR count). The highest BCUT2D eigenvalue weighted by Crippen LogP contribution is 2.28. The molecule has 2 heteroatoms. The predicted octanol–water partition coefficient (Wildman–Crippen LogP) is 4.70. The summed E-state index contributed by atoms with van der Waals surface area (Å²) in [5.74, 6) is 0. The second-order valence-corrected chi connectivity index (χ2v) is 7.21. The zero-order valence-electron chi connectivity index (χ0n) is 15.4. The van der Waals surface area contributed by atoms with Crippen LogP contribution in [-0.4, -0.2) is 25.3 Å². The van der Waals surface area contributed by atoms with Crippen molar-refractivity contribution in [3.05, 3.63) is 64.7 Å². The van der Waals surface area contributed by atoms with Gasteiger partial charge in [0.05, 0.1) is 12.2 Å². The van der Waals surface area contributed by atoms with E-state index in [0.717, 1.165) is 25.9 Å². The highest BCUT2D eigenvalue weighted by Gasteiger charge is 2.23. The normalized spacial score (nSPS) is 21.1. The number of nitrogens with zero attached hydrogens (tertiary/aromatic N) is 1. The summed E-state index contributed by atoms with van der Waals surface area (Å²) < 4.78 is 5.88. The third-order valence-electron chi connectivity index (χ3n) is 4.94. The molecule has 2 nitrogen and oxygen atoms in total. The maximum atomic E-state index is 5.88. The van der Waals surface area contributed by atoms with Crippen molar-refractivity contribution in [2.75, 3.05) is 18.0 Å². The number of rotatable bonds is 4. The molecule has 1 fully saturated rings. The first-order valence-electron chi connectivity index (χ1n) is 9.07. The largest absolute Gasteiger partial charge is 0.372 e. The van der Waals surface area contributed by atoms with Gasteiger partial charge in [0.15, 0.2) is 0 Å². The molecule has 1 aliphatic heterocycles. The summed E-state index contributed by atoms with van der Waals surface area (Å²) in [7, 11) is 0. The second-order valence-electron chi connectivity index (χ2n) is 7.21. The van der Waals surface area contributed by atoms with E-state index < -0.39 is 0 Å². The lowest BCUT2D eigenvalue weighted by Gasteiger charge is -2.38. The lowest BCUT2D eigenvalue weighted by molar-refractivity contribution is -0.00525. The van der Waals surface area contributed by atoms with Gasteiger partial charge in [-0.05, 0) is 68.9 Å². The Bertz CT molecular complexity index is 670. The third-order valence-corrected chi connectivity index (χ3v) is 4.94. The topological polar surface area (TPSA) is 12.5 Å². The summed E-state index contributed by atoms with van der Waals surface area (Å²) in [6.07, 6.45) is 2.80. The Hall–Kier alpha value is -1.80. The summed E-state index contributed by atoms with van der Waals surface area (Å²) >= 11 is 0. The van der Waals surface area contributed by atoms with Crippen molar-refractivity contribution >= 4 is 5.69 Å². The monoisotopic (exact) mass is 323 g/mol. The standard InChI is InChI=1S/C22H29NO/c1-16-13-22(23-14-18(3)24-19(4)15-23)17(2)12-21(16)11-10-20-8-6-5-7-9-20/h5-9,12-13,18-19H,10-11,14-15H2,1-4H3/t18-,19+. The SMILES string of the molecule is Cc1cc(N2C[C@@H](C)O[C@@H](C)C2)c(C)cc1CCc1ccccc1. The average molecular weight is 323 g/mol. The molecule has 128 valence electrons. The summed E-state index contributed by atoms with van der Waals surface area (Å²) in [6.45, 7) is 10.8. The highest BCUT2D eigenvalue weighted by molar-refractivity contribution is 5.57. The minimum atomic E-state index is 0.297. The summed E-state index contributed by atoms with van der Waals surface area (Å²) in [5.41, 5.74) is 7.03. The van der Waals surface area contributed by atoms with Gasteiger partial charge >= 0.3 is 0 Å². The van der Waals surface area contributed by atoms with Gasteiger partial charge in [-0.3, -0.25) is 0 Å². The molecule has 0 aromatic heterocycles. The van der Waals surface area contributed by atoms with Crippen molar-refractivity contribution < 1.29 is 4.74 Å². The van der Waals surface area contributed by atoms with E-state index in [1.54, 1.807) is 0 Å². The Morgan fingerprint density at radius 3 is 2.25 bits per heavy atom. The average Bonchev–Trinajstić information content (AvgIpc) is 2.55. The van der Waals surface area contributed by atoms with Crippen LogP contribution < -0.4 is 4.90 Å². The molecule has 0 unspecified atom stereocenters. The van der Waals surface area contributed by atoms with Gasteiger partial charge in [-0.15, -0.1) is 0 Å². The fourth-order valence-electron chi connectivity index (χ4n) is 3.77. The van der Waals surface area contributed by atoms with Crippen LogP contribution in [-0.2, 0) is 17.6 Å². The maximum absolute atomic E-state index is 5.88. The zero-order chi connectivity index (χ0) is 17.1. The summed E-state index contributed by atoms with van der Waals surface area (Å²) in [5, 5.41) is 0. The molecule has 0 spiro atoms. The van der Waals surface area contributed by atoms with Gasteiger partial charge in [-0.1, -0.05) is 36.4 Å². The van der Waals surface area contributed by atoms with Crippen LogP contribution >= 0.6 is 0 Å². The van der Waals surface area contributed by atoms with Crippen molar-refractivity contribution in [3.8, 4) is 0 Å². The minimum absolute atomic E-state index is 0.297. The molecule has 1 heterocycles. The van der Waals surface area contributed by atoms with Crippen LogP contribution in [0.3, 0.4) is 0 Å². The van der Waals surface area contributed by atoms with E-state index in [4.69, 9.17) is 4.74 Å². The summed E-state index contributed by atoms with van der Waals surface area (Å²) in [6, 6.07) is 15.5. The predicted molar refractivity (Wildman–Crippen MR) is 102 cm³/mol. The van der Waals surface area contributed by atoms with Gasteiger partial charge in [0.25, 0.3) is 0 Å². The molecule has 0 N–H and O–H groups in total. The lowest BCUT2D eigenvalue weighted by Crippen LogP contribution is -2.45. The van der Waals surface area contributed by atoms with Gasteiger partial charge in [0.1, 0.15) is 0 Å². The number of anilines is 1. The van der Waals surface area contributed by atoms with Crippen molar-refractivity contribution in [2.24, 2.45) is 0 Å².